The predicted octanol–water partition coefficient (Wildman–Crippen LogP) is 4.48. The fourth-order valence-corrected chi connectivity index (χ4v) is 4.00. The summed E-state index contributed by atoms with van der Waals surface area (Å²) in [6, 6.07) is 14.6. The summed E-state index contributed by atoms with van der Waals surface area (Å²) in [6.45, 7) is 2.70. The number of ether oxygens (including phenoxy) is 1. The third kappa shape index (κ3) is 5.96. The van der Waals surface area contributed by atoms with E-state index in [0.29, 0.717) is 26.1 Å². The van der Waals surface area contributed by atoms with Gasteiger partial charge in [-0.25, -0.2) is 0 Å². The lowest BCUT2D eigenvalue weighted by Gasteiger charge is -2.24. The number of carbonyl (C=O) groups is 1. The van der Waals surface area contributed by atoms with Gasteiger partial charge in [-0.05, 0) is 30.0 Å². The van der Waals surface area contributed by atoms with E-state index in [1.807, 2.05) is 11.0 Å². The molecule has 4 heteroatoms. The highest BCUT2D eigenvalue weighted by molar-refractivity contribution is 5.76. The largest absolute Gasteiger partial charge is 0.383 e. The zero-order valence-corrected chi connectivity index (χ0v) is 16.5. The molecule has 0 saturated heterocycles. The second kappa shape index (κ2) is 10.3. The molecule has 1 fully saturated rings. The van der Waals surface area contributed by atoms with Crippen molar-refractivity contribution in [3.8, 4) is 0 Å². The van der Waals surface area contributed by atoms with Gasteiger partial charge in [0.15, 0.2) is 0 Å². The molecule has 1 amide bonds. The van der Waals surface area contributed by atoms with Gasteiger partial charge in [0.05, 0.1) is 13.2 Å². The maximum Gasteiger partial charge on any atom is 0.223 e. The van der Waals surface area contributed by atoms with E-state index in [9.17, 15) is 4.79 Å². The maximum absolute atomic E-state index is 12.9. The van der Waals surface area contributed by atoms with Crippen LogP contribution in [-0.4, -0.2) is 35.6 Å². The SMILES string of the molecule is COCCN(Cc1cccn1Cc1ccccc1)C(=O)CCC1CCCC1. The monoisotopic (exact) mass is 368 g/mol. The van der Waals surface area contributed by atoms with Gasteiger partial charge in [0.2, 0.25) is 5.91 Å². The zero-order valence-electron chi connectivity index (χ0n) is 16.5. The number of nitrogens with zero attached hydrogens (tertiary/aromatic N) is 2. The maximum atomic E-state index is 12.9. The van der Waals surface area contributed by atoms with Gasteiger partial charge in [-0.2, -0.15) is 0 Å². The number of methoxy groups -OCH3 is 1. The van der Waals surface area contributed by atoms with E-state index < -0.39 is 0 Å². The Hall–Kier alpha value is -2.07. The zero-order chi connectivity index (χ0) is 18.9. The van der Waals surface area contributed by atoms with E-state index in [-0.39, 0.29) is 5.91 Å². The average Bonchev–Trinajstić information content (AvgIpc) is 3.36. The first-order valence-corrected chi connectivity index (χ1v) is 10.2. The number of rotatable bonds is 10. The predicted molar refractivity (Wildman–Crippen MR) is 108 cm³/mol. The van der Waals surface area contributed by atoms with Gasteiger partial charge in [0.25, 0.3) is 0 Å². The van der Waals surface area contributed by atoms with E-state index >= 15 is 0 Å². The lowest BCUT2D eigenvalue weighted by atomic mass is 10.0. The molecule has 0 bridgehead atoms. The van der Waals surface area contributed by atoms with Gasteiger partial charge in [-0.3, -0.25) is 4.79 Å². The van der Waals surface area contributed by atoms with Crippen LogP contribution in [-0.2, 0) is 22.6 Å². The molecule has 146 valence electrons. The molecule has 1 saturated carbocycles. The Bertz CT molecular complexity index is 689. The molecule has 1 aliphatic rings. The van der Waals surface area contributed by atoms with Gasteiger partial charge in [0.1, 0.15) is 0 Å². The Morgan fingerprint density at radius 1 is 1.15 bits per heavy atom. The van der Waals surface area contributed by atoms with E-state index in [1.54, 1.807) is 7.11 Å². The minimum absolute atomic E-state index is 0.256. The Balaban J connectivity index is 1.61. The van der Waals surface area contributed by atoms with Crippen molar-refractivity contribution < 1.29 is 9.53 Å². The highest BCUT2D eigenvalue weighted by Gasteiger charge is 2.20. The molecular weight excluding hydrogens is 336 g/mol. The van der Waals surface area contributed by atoms with Gasteiger partial charge in [-0.15, -0.1) is 0 Å². The minimum atomic E-state index is 0.256. The summed E-state index contributed by atoms with van der Waals surface area (Å²) in [6.07, 6.45) is 9.05. The van der Waals surface area contributed by atoms with Crippen molar-refractivity contribution in [2.75, 3.05) is 20.3 Å². The summed E-state index contributed by atoms with van der Waals surface area (Å²) in [5, 5.41) is 0. The molecule has 4 nitrogen and oxygen atoms in total. The smallest absolute Gasteiger partial charge is 0.223 e. The molecule has 0 N–H and O–H groups in total. The number of hydrogen-bond donors (Lipinski definition) is 0. The van der Waals surface area contributed by atoms with Crippen molar-refractivity contribution >= 4 is 5.91 Å². The van der Waals surface area contributed by atoms with E-state index in [2.05, 4.69) is 47.2 Å². The topological polar surface area (TPSA) is 34.5 Å². The highest BCUT2D eigenvalue weighted by Crippen LogP contribution is 2.28. The van der Waals surface area contributed by atoms with Crippen molar-refractivity contribution in [2.24, 2.45) is 5.92 Å². The minimum Gasteiger partial charge on any atom is -0.383 e. The second-order valence-electron chi connectivity index (χ2n) is 7.61. The lowest BCUT2D eigenvalue weighted by molar-refractivity contribution is -0.132. The Morgan fingerprint density at radius 3 is 2.67 bits per heavy atom. The Kier molecular flexibility index (Phi) is 7.52. The van der Waals surface area contributed by atoms with Crippen LogP contribution in [0.4, 0.5) is 0 Å². The van der Waals surface area contributed by atoms with Crippen molar-refractivity contribution in [3.63, 3.8) is 0 Å². The summed E-state index contributed by atoms with van der Waals surface area (Å²) in [4.78, 5) is 14.8. The van der Waals surface area contributed by atoms with Crippen LogP contribution in [0.5, 0.6) is 0 Å². The highest BCUT2D eigenvalue weighted by atomic mass is 16.5. The van der Waals surface area contributed by atoms with Crippen LogP contribution >= 0.6 is 0 Å². The molecule has 0 aliphatic heterocycles. The Labute approximate surface area is 163 Å². The van der Waals surface area contributed by atoms with Gasteiger partial charge < -0.3 is 14.2 Å². The van der Waals surface area contributed by atoms with Gasteiger partial charge in [-0.1, -0.05) is 56.0 Å². The normalized spacial score (nSPS) is 14.6. The summed E-state index contributed by atoms with van der Waals surface area (Å²) in [5.41, 5.74) is 2.44. The van der Waals surface area contributed by atoms with Gasteiger partial charge >= 0.3 is 0 Å². The first-order chi connectivity index (χ1) is 13.3. The molecule has 0 atom stereocenters. The molecule has 1 aliphatic carbocycles. The Morgan fingerprint density at radius 2 is 1.93 bits per heavy atom. The third-order valence-corrected chi connectivity index (χ3v) is 5.63. The van der Waals surface area contributed by atoms with E-state index in [1.165, 1.54) is 36.9 Å². The molecule has 0 unspecified atom stereocenters. The number of amides is 1. The first kappa shape index (κ1) is 19.7. The van der Waals surface area contributed by atoms with Crippen LogP contribution in [0.25, 0.3) is 0 Å². The van der Waals surface area contributed by atoms with Crippen molar-refractivity contribution in [1.82, 2.24) is 9.47 Å². The third-order valence-electron chi connectivity index (χ3n) is 5.63. The summed E-state index contributed by atoms with van der Waals surface area (Å²) >= 11 is 0. The number of carbonyl (C=O) groups excluding carboxylic acids is 1. The van der Waals surface area contributed by atoms with Crippen molar-refractivity contribution in [1.29, 1.82) is 0 Å². The molecule has 1 aromatic heterocycles. The molecule has 2 aromatic rings. The molecule has 27 heavy (non-hydrogen) atoms. The first-order valence-electron chi connectivity index (χ1n) is 10.2. The fraction of sp³-hybridized carbons (Fsp3) is 0.522. The summed E-state index contributed by atoms with van der Waals surface area (Å²) in [5.74, 6) is 1.01. The quantitative estimate of drug-likeness (QED) is 0.620. The molecule has 0 spiro atoms. The van der Waals surface area contributed by atoms with Gasteiger partial charge in [0, 0.05) is 38.5 Å². The summed E-state index contributed by atoms with van der Waals surface area (Å²) in [7, 11) is 1.69. The second-order valence-corrected chi connectivity index (χ2v) is 7.61. The molecule has 3 rings (SSSR count). The van der Waals surface area contributed by atoms with Crippen LogP contribution in [0.1, 0.15) is 49.8 Å². The number of aromatic nitrogens is 1. The standard InChI is InChI=1S/C23H32N2O2/c1-27-17-16-25(23(26)14-13-20-8-5-6-9-20)19-22-12-7-15-24(22)18-21-10-3-2-4-11-21/h2-4,7,10-12,15,20H,5-6,8-9,13-14,16-19H2,1H3. The van der Waals surface area contributed by atoms with Crippen LogP contribution in [0, 0.1) is 5.92 Å². The van der Waals surface area contributed by atoms with E-state index in [4.69, 9.17) is 4.74 Å². The molecule has 1 aromatic carbocycles. The molecular formula is C23H32N2O2. The fourth-order valence-electron chi connectivity index (χ4n) is 4.00. The van der Waals surface area contributed by atoms with Crippen LogP contribution in [0.3, 0.4) is 0 Å². The average molecular weight is 369 g/mol. The molecule has 0 radical (unpaired) electrons. The van der Waals surface area contributed by atoms with Crippen LogP contribution in [0.15, 0.2) is 48.7 Å². The van der Waals surface area contributed by atoms with Crippen molar-refractivity contribution in [2.45, 2.75) is 51.6 Å². The van der Waals surface area contributed by atoms with Crippen LogP contribution in [0.2, 0.25) is 0 Å². The van der Waals surface area contributed by atoms with Crippen LogP contribution < -0.4 is 0 Å². The molecule has 1 heterocycles. The van der Waals surface area contributed by atoms with Crippen molar-refractivity contribution in [3.05, 3.63) is 59.9 Å². The lowest BCUT2D eigenvalue weighted by Crippen LogP contribution is -2.34. The summed E-state index contributed by atoms with van der Waals surface area (Å²) < 4.78 is 7.48. The van der Waals surface area contributed by atoms with E-state index in [0.717, 1.165) is 18.9 Å². The number of hydrogen-bond acceptors (Lipinski definition) is 2. The number of benzene rings is 1.